The summed E-state index contributed by atoms with van der Waals surface area (Å²) in [6, 6.07) is 6.13. The molecule has 2 atom stereocenters. The Bertz CT molecular complexity index is 430. The SMILES string of the molecule is CC(NCC(O)c1ccsc1)c1ccncc1. The molecule has 0 saturated carbocycles. The lowest BCUT2D eigenvalue weighted by Gasteiger charge is -2.16. The summed E-state index contributed by atoms with van der Waals surface area (Å²) in [5.41, 5.74) is 2.15. The van der Waals surface area contributed by atoms with Crippen LogP contribution in [0, 0.1) is 0 Å². The van der Waals surface area contributed by atoms with E-state index in [9.17, 15) is 5.11 Å². The molecule has 0 aliphatic heterocycles. The molecule has 0 radical (unpaired) electrons. The molecule has 0 aliphatic rings. The minimum Gasteiger partial charge on any atom is -0.387 e. The van der Waals surface area contributed by atoms with Gasteiger partial charge in [-0.25, -0.2) is 0 Å². The maximum absolute atomic E-state index is 9.94. The predicted octanol–water partition coefficient (Wildman–Crippen LogP) is 2.53. The third-order valence-corrected chi connectivity index (χ3v) is 3.45. The zero-order valence-electron chi connectivity index (χ0n) is 9.71. The second kappa shape index (κ2) is 5.91. The number of aromatic nitrogens is 1. The van der Waals surface area contributed by atoms with Crippen LogP contribution in [-0.4, -0.2) is 16.6 Å². The molecule has 2 rings (SSSR count). The van der Waals surface area contributed by atoms with Gasteiger partial charge in [-0.3, -0.25) is 4.98 Å². The summed E-state index contributed by atoms with van der Waals surface area (Å²) in [6.45, 7) is 2.63. The van der Waals surface area contributed by atoms with E-state index in [1.807, 2.05) is 29.0 Å². The maximum Gasteiger partial charge on any atom is 0.0922 e. The summed E-state index contributed by atoms with van der Waals surface area (Å²) in [5, 5.41) is 17.2. The number of thiophene rings is 1. The van der Waals surface area contributed by atoms with Gasteiger partial charge >= 0.3 is 0 Å². The third kappa shape index (κ3) is 3.36. The van der Waals surface area contributed by atoms with E-state index in [0.717, 1.165) is 5.56 Å². The first kappa shape index (κ1) is 12.2. The first-order chi connectivity index (χ1) is 8.27. The highest BCUT2D eigenvalue weighted by atomic mass is 32.1. The minimum atomic E-state index is -0.439. The largest absolute Gasteiger partial charge is 0.387 e. The number of nitrogens with one attached hydrogen (secondary N) is 1. The van der Waals surface area contributed by atoms with Gasteiger partial charge in [0.1, 0.15) is 0 Å². The molecular formula is C13H16N2OS. The van der Waals surface area contributed by atoms with Crippen molar-refractivity contribution in [1.29, 1.82) is 0 Å². The maximum atomic E-state index is 9.94. The standard InChI is InChI=1S/C13H16N2OS/c1-10(11-2-5-14-6-3-11)15-8-13(16)12-4-7-17-9-12/h2-7,9-10,13,15-16H,8H2,1H3. The molecule has 0 aliphatic carbocycles. The molecule has 0 fully saturated rings. The van der Waals surface area contributed by atoms with Gasteiger partial charge in [-0.15, -0.1) is 0 Å². The van der Waals surface area contributed by atoms with Crippen LogP contribution in [0.2, 0.25) is 0 Å². The normalized spacial score (nSPS) is 14.5. The van der Waals surface area contributed by atoms with Gasteiger partial charge in [0, 0.05) is 25.0 Å². The predicted molar refractivity (Wildman–Crippen MR) is 69.9 cm³/mol. The number of pyridine rings is 1. The van der Waals surface area contributed by atoms with Crippen LogP contribution in [0.15, 0.2) is 41.4 Å². The van der Waals surface area contributed by atoms with Crippen molar-refractivity contribution in [2.75, 3.05) is 6.54 Å². The Balaban J connectivity index is 1.86. The van der Waals surface area contributed by atoms with E-state index < -0.39 is 6.10 Å². The van der Waals surface area contributed by atoms with E-state index in [4.69, 9.17) is 0 Å². The van der Waals surface area contributed by atoms with E-state index in [2.05, 4.69) is 17.2 Å². The van der Waals surface area contributed by atoms with Gasteiger partial charge in [0.2, 0.25) is 0 Å². The van der Waals surface area contributed by atoms with E-state index in [-0.39, 0.29) is 6.04 Å². The number of aliphatic hydroxyl groups excluding tert-OH is 1. The highest BCUT2D eigenvalue weighted by Crippen LogP contribution is 2.17. The van der Waals surface area contributed by atoms with Gasteiger partial charge in [0.15, 0.2) is 0 Å². The van der Waals surface area contributed by atoms with Gasteiger partial charge in [-0.05, 0) is 47.0 Å². The lowest BCUT2D eigenvalue weighted by molar-refractivity contribution is 0.171. The van der Waals surface area contributed by atoms with Crippen LogP contribution in [0.3, 0.4) is 0 Å². The molecule has 0 saturated heterocycles. The fourth-order valence-electron chi connectivity index (χ4n) is 1.64. The van der Waals surface area contributed by atoms with Crippen molar-refractivity contribution in [3.63, 3.8) is 0 Å². The van der Waals surface area contributed by atoms with Crippen LogP contribution in [0.25, 0.3) is 0 Å². The molecule has 2 N–H and O–H groups in total. The average Bonchev–Trinajstić information content (AvgIpc) is 2.90. The van der Waals surface area contributed by atoms with Crippen molar-refractivity contribution >= 4 is 11.3 Å². The van der Waals surface area contributed by atoms with Gasteiger partial charge in [-0.2, -0.15) is 11.3 Å². The van der Waals surface area contributed by atoms with Gasteiger partial charge in [-0.1, -0.05) is 0 Å². The number of rotatable bonds is 5. The summed E-state index contributed by atoms with van der Waals surface area (Å²) in [7, 11) is 0. The van der Waals surface area contributed by atoms with Crippen LogP contribution in [0.1, 0.15) is 30.2 Å². The minimum absolute atomic E-state index is 0.214. The Morgan fingerprint density at radius 2 is 2.06 bits per heavy atom. The van der Waals surface area contributed by atoms with E-state index >= 15 is 0 Å². The highest BCUT2D eigenvalue weighted by Gasteiger charge is 2.10. The molecule has 2 unspecified atom stereocenters. The fourth-order valence-corrected chi connectivity index (χ4v) is 2.35. The van der Waals surface area contributed by atoms with Crippen molar-refractivity contribution in [2.24, 2.45) is 0 Å². The Hall–Kier alpha value is -1.23. The van der Waals surface area contributed by atoms with Crippen LogP contribution in [0.5, 0.6) is 0 Å². The molecule has 17 heavy (non-hydrogen) atoms. The van der Waals surface area contributed by atoms with Gasteiger partial charge < -0.3 is 10.4 Å². The van der Waals surface area contributed by atoms with E-state index in [0.29, 0.717) is 6.54 Å². The Morgan fingerprint density at radius 1 is 1.29 bits per heavy atom. The van der Waals surface area contributed by atoms with Crippen molar-refractivity contribution in [3.05, 3.63) is 52.5 Å². The molecule has 0 amide bonds. The van der Waals surface area contributed by atoms with E-state index in [1.165, 1.54) is 5.56 Å². The van der Waals surface area contributed by atoms with Crippen molar-refractivity contribution < 1.29 is 5.11 Å². The lowest BCUT2D eigenvalue weighted by Crippen LogP contribution is -2.24. The number of hydrogen-bond donors (Lipinski definition) is 2. The molecule has 0 aromatic carbocycles. The van der Waals surface area contributed by atoms with Crippen molar-refractivity contribution in [3.8, 4) is 0 Å². The van der Waals surface area contributed by atoms with Crippen LogP contribution in [0.4, 0.5) is 0 Å². The quantitative estimate of drug-likeness (QED) is 0.854. The molecule has 3 nitrogen and oxygen atoms in total. The number of aliphatic hydroxyl groups is 1. The van der Waals surface area contributed by atoms with Crippen LogP contribution < -0.4 is 5.32 Å². The van der Waals surface area contributed by atoms with Crippen molar-refractivity contribution in [1.82, 2.24) is 10.3 Å². The number of hydrogen-bond acceptors (Lipinski definition) is 4. The second-order valence-electron chi connectivity index (χ2n) is 3.98. The summed E-state index contributed by atoms with van der Waals surface area (Å²) in [5.74, 6) is 0. The summed E-state index contributed by atoms with van der Waals surface area (Å²) in [6.07, 6.45) is 3.12. The molecule has 0 bridgehead atoms. The average molecular weight is 248 g/mol. The molecule has 2 aromatic rings. The molecule has 90 valence electrons. The summed E-state index contributed by atoms with van der Waals surface area (Å²) < 4.78 is 0. The first-order valence-electron chi connectivity index (χ1n) is 5.61. The van der Waals surface area contributed by atoms with Crippen LogP contribution >= 0.6 is 11.3 Å². The molecular weight excluding hydrogens is 232 g/mol. The molecule has 2 aromatic heterocycles. The first-order valence-corrected chi connectivity index (χ1v) is 6.55. The molecule has 4 heteroatoms. The summed E-state index contributed by atoms with van der Waals surface area (Å²) >= 11 is 1.60. The summed E-state index contributed by atoms with van der Waals surface area (Å²) in [4.78, 5) is 3.99. The van der Waals surface area contributed by atoms with Gasteiger partial charge in [0.05, 0.1) is 6.10 Å². The van der Waals surface area contributed by atoms with E-state index in [1.54, 1.807) is 23.7 Å². The third-order valence-electron chi connectivity index (χ3n) is 2.75. The fraction of sp³-hybridized carbons (Fsp3) is 0.308. The highest BCUT2D eigenvalue weighted by molar-refractivity contribution is 7.07. The lowest BCUT2D eigenvalue weighted by atomic mass is 10.1. The van der Waals surface area contributed by atoms with Crippen LogP contribution in [-0.2, 0) is 0 Å². The monoisotopic (exact) mass is 248 g/mol. The molecule has 0 spiro atoms. The van der Waals surface area contributed by atoms with Crippen molar-refractivity contribution in [2.45, 2.75) is 19.1 Å². The zero-order chi connectivity index (χ0) is 12.1. The Labute approximate surface area is 105 Å². The number of nitrogens with zero attached hydrogens (tertiary/aromatic N) is 1. The Morgan fingerprint density at radius 3 is 2.71 bits per heavy atom. The zero-order valence-corrected chi connectivity index (χ0v) is 10.5. The Kier molecular flexibility index (Phi) is 4.25. The topological polar surface area (TPSA) is 45.1 Å². The second-order valence-corrected chi connectivity index (χ2v) is 4.76. The van der Waals surface area contributed by atoms with Gasteiger partial charge in [0.25, 0.3) is 0 Å². The molecule has 2 heterocycles. The smallest absolute Gasteiger partial charge is 0.0922 e.